The van der Waals surface area contributed by atoms with Gasteiger partial charge in [0.05, 0.1) is 6.04 Å². The van der Waals surface area contributed by atoms with E-state index in [1.807, 2.05) is 0 Å². The summed E-state index contributed by atoms with van der Waals surface area (Å²) in [5.41, 5.74) is 1.11. The van der Waals surface area contributed by atoms with Crippen LogP contribution < -0.4 is 0 Å². The molecule has 2 aromatic carbocycles. The fourth-order valence-corrected chi connectivity index (χ4v) is 2.59. The molecule has 0 N–H and O–H groups in total. The Bertz CT molecular complexity index is 887. The molecule has 0 bridgehead atoms. The highest BCUT2D eigenvalue weighted by Crippen LogP contribution is 2.26. The smallest absolute Gasteiger partial charge is 0.289 e. The van der Waals surface area contributed by atoms with Crippen LogP contribution in [0.5, 0.6) is 0 Å². The predicted molar refractivity (Wildman–Crippen MR) is 91.0 cm³/mol. The van der Waals surface area contributed by atoms with E-state index in [2.05, 4.69) is 0 Å². The summed E-state index contributed by atoms with van der Waals surface area (Å²) in [6, 6.07) is 14.9. The SMILES string of the molecule is CC(c1ccccc1F)N(C)C(=O)c1ccc(-c2ccc(F)cc2)o1. The predicted octanol–water partition coefficient (Wildman–Crippen LogP) is 5.06. The van der Waals surface area contributed by atoms with Crippen molar-refractivity contribution in [3.8, 4) is 11.3 Å². The summed E-state index contributed by atoms with van der Waals surface area (Å²) in [7, 11) is 1.60. The summed E-state index contributed by atoms with van der Waals surface area (Å²) in [5.74, 6) is -0.449. The van der Waals surface area contributed by atoms with E-state index in [9.17, 15) is 13.6 Å². The molecule has 128 valence electrons. The third kappa shape index (κ3) is 3.45. The molecule has 1 heterocycles. The number of halogens is 2. The molecule has 3 rings (SSSR count). The monoisotopic (exact) mass is 341 g/mol. The number of hydrogen-bond donors (Lipinski definition) is 0. The summed E-state index contributed by atoms with van der Waals surface area (Å²) in [6.07, 6.45) is 0. The van der Waals surface area contributed by atoms with Crippen LogP contribution in [0.1, 0.15) is 29.1 Å². The Morgan fingerprint density at radius 1 is 1.00 bits per heavy atom. The second-order valence-electron chi connectivity index (χ2n) is 5.78. The van der Waals surface area contributed by atoms with Crippen LogP contribution in [-0.2, 0) is 0 Å². The Kier molecular flexibility index (Phi) is 4.65. The van der Waals surface area contributed by atoms with E-state index in [-0.39, 0.29) is 23.3 Å². The van der Waals surface area contributed by atoms with Crippen molar-refractivity contribution in [2.45, 2.75) is 13.0 Å². The minimum atomic E-state index is -0.451. The second-order valence-corrected chi connectivity index (χ2v) is 5.78. The fraction of sp³-hybridized carbons (Fsp3) is 0.150. The van der Waals surface area contributed by atoms with Crippen molar-refractivity contribution in [2.75, 3.05) is 7.05 Å². The number of hydrogen-bond acceptors (Lipinski definition) is 2. The van der Waals surface area contributed by atoms with Gasteiger partial charge in [0, 0.05) is 18.2 Å². The lowest BCUT2D eigenvalue weighted by atomic mass is 10.1. The summed E-state index contributed by atoms with van der Waals surface area (Å²) < 4.78 is 32.5. The van der Waals surface area contributed by atoms with E-state index in [1.165, 1.54) is 23.1 Å². The Labute approximate surface area is 144 Å². The lowest BCUT2D eigenvalue weighted by molar-refractivity contribution is 0.0709. The highest BCUT2D eigenvalue weighted by atomic mass is 19.1. The van der Waals surface area contributed by atoms with E-state index in [1.54, 1.807) is 56.4 Å². The first-order valence-electron chi connectivity index (χ1n) is 7.84. The van der Waals surface area contributed by atoms with Crippen LogP contribution in [0.25, 0.3) is 11.3 Å². The fourth-order valence-electron chi connectivity index (χ4n) is 2.59. The summed E-state index contributed by atoms with van der Waals surface area (Å²) >= 11 is 0. The van der Waals surface area contributed by atoms with Crippen LogP contribution in [0.15, 0.2) is 65.1 Å². The standard InChI is InChI=1S/C20H17F2NO2/c1-13(16-5-3-4-6-17(16)22)23(2)20(24)19-12-11-18(25-19)14-7-9-15(21)10-8-14/h3-13H,1-2H3. The number of nitrogens with zero attached hydrogens (tertiary/aromatic N) is 1. The molecule has 0 saturated heterocycles. The molecular formula is C20H17F2NO2. The molecule has 1 aromatic heterocycles. The van der Waals surface area contributed by atoms with Gasteiger partial charge in [-0.05, 0) is 49.4 Å². The maximum atomic E-state index is 13.9. The quantitative estimate of drug-likeness (QED) is 0.665. The molecule has 1 atom stereocenters. The molecule has 1 amide bonds. The number of rotatable bonds is 4. The van der Waals surface area contributed by atoms with Crippen LogP contribution in [0, 0.1) is 11.6 Å². The Morgan fingerprint density at radius 2 is 1.68 bits per heavy atom. The zero-order valence-electron chi connectivity index (χ0n) is 13.9. The normalized spacial score (nSPS) is 12.0. The van der Waals surface area contributed by atoms with Crippen molar-refractivity contribution in [3.05, 3.63) is 83.6 Å². The molecule has 1 unspecified atom stereocenters. The number of furan rings is 1. The Morgan fingerprint density at radius 3 is 2.36 bits per heavy atom. The van der Waals surface area contributed by atoms with E-state index in [0.717, 1.165) is 0 Å². The first kappa shape index (κ1) is 16.9. The maximum Gasteiger partial charge on any atom is 0.289 e. The third-order valence-corrected chi connectivity index (χ3v) is 4.20. The third-order valence-electron chi connectivity index (χ3n) is 4.20. The molecule has 0 saturated carbocycles. The lowest BCUT2D eigenvalue weighted by Gasteiger charge is -2.24. The Hall–Kier alpha value is -2.95. The molecule has 5 heteroatoms. The largest absolute Gasteiger partial charge is 0.451 e. The van der Waals surface area contributed by atoms with Crippen molar-refractivity contribution in [1.29, 1.82) is 0 Å². The van der Waals surface area contributed by atoms with Gasteiger partial charge in [0.1, 0.15) is 17.4 Å². The zero-order chi connectivity index (χ0) is 18.0. The average molecular weight is 341 g/mol. The molecule has 0 radical (unpaired) electrons. The molecule has 25 heavy (non-hydrogen) atoms. The summed E-state index contributed by atoms with van der Waals surface area (Å²) in [4.78, 5) is 14.0. The second kappa shape index (κ2) is 6.89. The zero-order valence-corrected chi connectivity index (χ0v) is 13.9. The van der Waals surface area contributed by atoms with Crippen molar-refractivity contribution >= 4 is 5.91 Å². The molecule has 0 aliphatic carbocycles. The number of amides is 1. The van der Waals surface area contributed by atoms with Crippen LogP contribution in [0.2, 0.25) is 0 Å². The molecular weight excluding hydrogens is 324 g/mol. The van der Waals surface area contributed by atoms with Crippen LogP contribution in [0.4, 0.5) is 8.78 Å². The van der Waals surface area contributed by atoms with Gasteiger partial charge >= 0.3 is 0 Å². The van der Waals surface area contributed by atoms with Gasteiger partial charge in [-0.3, -0.25) is 4.79 Å². The molecule has 0 aliphatic heterocycles. The first-order valence-corrected chi connectivity index (χ1v) is 7.84. The van der Waals surface area contributed by atoms with Crippen LogP contribution in [-0.4, -0.2) is 17.9 Å². The minimum Gasteiger partial charge on any atom is -0.451 e. The number of carbonyl (C=O) groups excluding carboxylic acids is 1. The van der Waals surface area contributed by atoms with Gasteiger partial charge in [0.2, 0.25) is 0 Å². The van der Waals surface area contributed by atoms with Crippen LogP contribution >= 0.6 is 0 Å². The molecule has 0 fully saturated rings. The molecule has 0 spiro atoms. The minimum absolute atomic E-state index is 0.144. The topological polar surface area (TPSA) is 33.5 Å². The van der Waals surface area contributed by atoms with Crippen LogP contribution in [0.3, 0.4) is 0 Å². The van der Waals surface area contributed by atoms with Gasteiger partial charge in [0.25, 0.3) is 5.91 Å². The van der Waals surface area contributed by atoms with Gasteiger partial charge in [-0.1, -0.05) is 18.2 Å². The van der Waals surface area contributed by atoms with Crippen molar-refractivity contribution < 1.29 is 18.0 Å². The van der Waals surface area contributed by atoms with E-state index >= 15 is 0 Å². The van der Waals surface area contributed by atoms with E-state index in [0.29, 0.717) is 16.9 Å². The highest BCUT2D eigenvalue weighted by molar-refractivity contribution is 5.92. The molecule has 3 aromatic rings. The number of carbonyl (C=O) groups is 1. The highest BCUT2D eigenvalue weighted by Gasteiger charge is 2.23. The van der Waals surface area contributed by atoms with E-state index < -0.39 is 6.04 Å². The van der Waals surface area contributed by atoms with Gasteiger partial charge in [-0.2, -0.15) is 0 Å². The van der Waals surface area contributed by atoms with Gasteiger partial charge in [-0.15, -0.1) is 0 Å². The molecule has 3 nitrogen and oxygen atoms in total. The van der Waals surface area contributed by atoms with E-state index in [4.69, 9.17) is 4.42 Å². The van der Waals surface area contributed by atoms with Crippen molar-refractivity contribution in [3.63, 3.8) is 0 Å². The first-order chi connectivity index (χ1) is 12.0. The van der Waals surface area contributed by atoms with Gasteiger partial charge in [0.15, 0.2) is 5.76 Å². The van der Waals surface area contributed by atoms with Gasteiger partial charge in [-0.25, -0.2) is 8.78 Å². The lowest BCUT2D eigenvalue weighted by Crippen LogP contribution is -2.29. The summed E-state index contributed by atoms with van der Waals surface area (Å²) in [6.45, 7) is 1.75. The van der Waals surface area contributed by atoms with Gasteiger partial charge < -0.3 is 9.32 Å². The number of benzene rings is 2. The maximum absolute atomic E-state index is 13.9. The summed E-state index contributed by atoms with van der Waals surface area (Å²) in [5, 5.41) is 0. The Balaban J connectivity index is 1.81. The molecule has 0 aliphatic rings. The van der Waals surface area contributed by atoms with Crippen molar-refractivity contribution in [1.82, 2.24) is 4.90 Å². The van der Waals surface area contributed by atoms with Crippen molar-refractivity contribution in [2.24, 2.45) is 0 Å². The average Bonchev–Trinajstić information content (AvgIpc) is 3.11.